The molecule has 0 saturated carbocycles. The highest BCUT2D eigenvalue weighted by atomic mass is 35.5. The Kier molecular flexibility index (Phi) is 6.65. The summed E-state index contributed by atoms with van der Waals surface area (Å²) in [5, 5.41) is 16.7. The van der Waals surface area contributed by atoms with Crippen molar-refractivity contribution >= 4 is 51.7 Å². The van der Waals surface area contributed by atoms with Gasteiger partial charge in [0, 0.05) is 45.1 Å². The van der Waals surface area contributed by atoms with Crippen LogP contribution >= 0.6 is 23.2 Å². The lowest BCUT2D eigenvalue weighted by molar-refractivity contribution is -0.132. The van der Waals surface area contributed by atoms with E-state index < -0.39 is 17.9 Å². The van der Waals surface area contributed by atoms with Gasteiger partial charge in [0.1, 0.15) is 0 Å². The number of rotatable bonds is 5. The summed E-state index contributed by atoms with van der Waals surface area (Å²) in [6.45, 7) is 0. The standard InChI is InChI=1S/C28H19Cl2N3O4/c29-18-9-5-16(6-10-18)23-15-22(32-33(23)24(34)13-14-25(35)36)27-26(17-7-11-19(30)12-8-17)20-3-1-2-4-21(20)31-28(27)37/h1-14,23H,15H2,(H,31,37)(H,35,36)/b14-13+. The van der Waals surface area contributed by atoms with Crippen molar-refractivity contribution in [3.8, 4) is 11.1 Å². The lowest BCUT2D eigenvalue weighted by Crippen LogP contribution is -2.25. The van der Waals surface area contributed by atoms with Gasteiger partial charge in [0.15, 0.2) is 0 Å². The summed E-state index contributed by atoms with van der Waals surface area (Å²) >= 11 is 12.2. The van der Waals surface area contributed by atoms with Crippen molar-refractivity contribution in [3.63, 3.8) is 0 Å². The van der Waals surface area contributed by atoms with Crippen LogP contribution in [0.1, 0.15) is 23.6 Å². The molecule has 1 atom stereocenters. The molecule has 2 N–H and O–H groups in total. The Morgan fingerprint density at radius 3 is 2.24 bits per heavy atom. The number of carbonyl (C=O) groups excluding carboxylic acids is 1. The van der Waals surface area contributed by atoms with Gasteiger partial charge in [-0.3, -0.25) is 9.59 Å². The molecule has 5 rings (SSSR count). The number of nitrogens with one attached hydrogen (secondary N) is 1. The summed E-state index contributed by atoms with van der Waals surface area (Å²) in [6, 6.07) is 21.0. The fraction of sp³-hybridized carbons (Fsp3) is 0.0714. The van der Waals surface area contributed by atoms with E-state index in [2.05, 4.69) is 10.1 Å². The normalized spacial score (nSPS) is 15.4. The van der Waals surface area contributed by atoms with Crippen LogP contribution in [0.4, 0.5) is 0 Å². The monoisotopic (exact) mass is 531 g/mol. The fourth-order valence-corrected chi connectivity index (χ4v) is 4.71. The van der Waals surface area contributed by atoms with E-state index in [-0.39, 0.29) is 12.0 Å². The lowest BCUT2D eigenvalue weighted by atomic mass is 9.91. The number of pyridine rings is 1. The van der Waals surface area contributed by atoms with E-state index in [4.69, 9.17) is 28.3 Å². The van der Waals surface area contributed by atoms with Crippen molar-refractivity contribution in [1.29, 1.82) is 0 Å². The lowest BCUT2D eigenvalue weighted by Gasteiger charge is -2.20. The minimum absolute atomic E-state index is 0.232. The van der Waals surface area contributed by atoms with Gasteiger partial charge in [-0.1, -0.05) is 65.7 Å². The number of fused-ring (bicyclic) bond motifs is 1. The number of hydrogen-bond donors (Lipinski definition) is 2. The van der Waals surface area contributed by atoms with Gasteiger partial charge in [-0.05, 0) is 41.5 Å². The molecule has 0 radical (unpaired) electrons. The third-order valence-corrected chi connectivity index (χ3v) is 6.61. The molecule has 0 spiro atoms. The van der Waals surface area contributed by atoms with E-state index in [9.17, 15) is 14.4 Å². The summed E-state index contributed by atoms with van der Waals surface area (Å²) in [6.07, 6.45) is 1.94. The van der Waals surface area contributed by atoms with Crippen LogP contribution < -0.4 is 5.56 Å². The zero-order chi connectivity index (χ0) is 26.1. The summed E-state index contributed by atoms with van der Waals surface area (Å²) in [5.41, 5.74) is 3.21. The molecule has 1 unspecified atom stereocenters. The molecule has 3 aromatic carbocycles. The molecule has 0 bridgehead atoms. The second-order valence-electron chi connectivity index (χ2n) is 8.43. The van der Waals surface area contributed by atoms with Gasteiger partial charge < -0.3 is 10.1 Å². The maximum Gasteiger partial charge on any atom is 0.328 e. The van der Waals surface area contributed by atoms with E-state index in [1.165, 1.54) is 5.01 Å². The third kappa shape index (κ3) is 4.91. The second kappa shape index (κ2) is 10.0. The molecular formula is C28H19Cl2N3O4. The van der Waals surface area contributed by atoms with Crippen LogP contribution in [-0.4, -0.2) is 32.7 Å². The molecule has 0 saturated heterocycles. The highest BCUT2D eigenvalue weighted by molar-refractivity contribution is 6.31. The number of hydrogen-bond acceptors (Lipinski definition) is 4. The van der Waals surface area contributed by atoms with Gasteiger partial charge >= 0.3 is 5.97 Å². The summed E-state index contributed by atoms with van der Waals surface area (Å²) in [4.78, 5) is 40.4. The van der Waals surface area contributed by atoms with Gasteiger partial charge in [-0.2, -0.15) is 5.10 Å². The Hall–Kier alpha value is -4.20. The number of carboxylic acids is 1. The SMILES string of the molecule is O=C(O)/C=C/C(=O)N1N=C(c2c(-c3ccc(Cl)cc3)c3ccccc3[nH]c2=O)CC1c1ccc(Cl)cc1. The molecule has 7 nitrogen and oxygen atoms in total. The summed E-state index contributed by atoms with van der Waals surface area (Å²) in [7, 11) is 0. The maximum atomic E-state index is 13.5. The number of benzene rings is 3. The quantitative estimate of drug-likeness (QED) is 0.316. The number of hydrazone groups is 1. The molecule has 0 aliphatic carbocycles. The number of aliphatic carboxylic acids is 1. The summed E-state index contributed by atoms with van der Waals surface area (Å²) in [5.74, 6) is -1.88. The number of carboxylic acid groups (broad SMARTS) is 1. The van der Waals surface area contributed by atoms with Crippen LogP contribution in [0.2, 0.25) is 10.0 Å². The van der Waals surface area contributed by atoms with Crippen LogP contribution in [0.5, 0.6) is 0 Å². The number of halogens is 2. The molecule has 1 aliphatic heterocycles. The molecule has 9 heteroatoms. The number of aromatic nitrogens is 1. The predicted octanol–water partition coefficient (Wildman–Crippen LogP) is 5.82. The van der Waals surface area contributed by atoms with Crippen LogP contribution in [-0.2, 0) is 9.59 Å². The topological polar surface area (TPSA) is 103 Å². The molecule has 4 aromatic rings. The van der Waals surface area contributed by atoms with E-state index in [0.29, 0.717) is 32.4 Å². The Morgan fingerprint density at radius 1 is 0.919 bits per heavy atom. The van der Waals surface area contributed by atoms with Gasteiger partial charge in [0.25, 0.3) is 11.5 Å². The first kappa shape index (κ1) is 24.5. The third-order valence-electron chi connectivity index (χ3n) is 6.10. The molecule has 0 fully saturated rings. The van der Waals surface area contributed by atoms with Crippen molar-refractivity contribution in [2.75, 3.05) is 0 Å². The first-order valence-corrected chi connectivity index (χ1v) is 12.1. The van der Waals surface area contributed by atoms with Crippen molar-refractivity contribution in [3.05, 3.63) is 116 Å². The molecule has 1 aliphatic rings. The average molecular weight is 532 g/mol. The minimum Gasteiger partial charge on any atom is -0.478 e. The van der Waals surface area contributed by atoms with Gasteiger partial charge in [-0.25, -0.2) is 9.80 Å². The predicted molar refractivity (Wildman–Crippen MR) is 144 cm³/mol. The molecule has 37 heavy (non-hydrogen) atoms. The van der Waals surface area contributed by atoms with Crippen molar-refractivity contribution < 1.29 is 14.7 Å². The molecule has 1 amide bonds. The zero-order valence-electron chi connectivity index (χ0n) is 19.2. The number of carbonyl (C=O) groups is 2. The van der Waals surface area contributed by atoms with Gasteiger partial charge in [0.2, 0.25) is 0 Å². The first-order valence-electron chi connectivity index (χ1n) is 11.3. The van der Waals surface area contributed by atoms with Crippen LogP contribution in [0.15, 0.2) is 94.8 Å². The number of H-pyrrole nitrogens is 1. The van der Waals surface area contributed by atoms with E-state index in [1.807, 2.05) is 36.4 Å². The smallest absolute Gasteiger partial charge is 0.328 e. The number of amides is 1. The number of para-hydroxylation sites is 1. The Balaban J connectivity index is 1.71. The number of nitrogens with zero attached hydrogens (tertiary/aromatic N) is 2. The van der Waals surface area contributed by atoms with Crippen molar-refractivity contribution in [2.45, 2.75) is 12.5 Å². The highest BCUT2D eigenvalue weighted by Gasteiger charge is 2.34. The maximum absolute atomic E-state index is 13.5. The summed E-state index contributed by atoms with van der Waals surface area (Å²) < 4.78 is 0. The fourth-order valence-electron chi connectivity index (χ4n) is 4.46. The van der Waals surface area contributed by atoms with E-state index in [1.54, 1.807) is 36.4 Å². The van der Waals surface area contributed by atoms with Gasteiger partial charge in [-0.15, -0.1) is 0 Å². The van der Waals surface area contributed by atoms with Crippen LogP contribution in [0, 0.1) is 0 Å². The first-order chi connectivity index (χ1) is 17.8. The number of aromatic amines is 1. The van der Waals surface area contributed by atoms with E-state index >= 15 is 0 Å². The average Bonchev–Trinajstić information content (AvgIpc) is 3.32. The second-order valence-corrected chi connectivity index (χ2v) is 9.30. The van der Waals surface area contributed by atoms with Gasteiger partial charge in [0.05, 0.1) is 17.3 Å². The molecular weight excluding hydrogens is 513 g/mol. The Morgan fingerprint density at radius 2 is 1.57 bits per heavy atom. The Labute approximate surface area is 221 Å². The minimum atomic E-state index is -1.25. The van der Waals surface area contributed by atoms with Crippen molar-refractivity contribution in [2.24, 2.45) is 5.10 Å². The van der Waals surface area contributed by atoms with Crippen molar-refractivity contribution in [1.82, 2.24) is 9.99 Å². The Bertz CT molecular complexity index is 1640. The van der Waals surface area contributed by atoms with Crippen LogP contribution in [0.3, 0.4) is 0 Å². The highest BCUT2D eigenvalue weighted by Crippen LogP contribution is 2.37. The molecule has 2 heterocycles. The largest absolute Gasteiger partial charge is 0.478 e. The van der Waals surface area contributed by atoms with Crippen LogP contribution in [0.25, 0.3) is 22.0 Å². The zero-order valence-corrected chi connectivity index (χ0v) is 20.7. The van der Waals surface area contributed by atoms with E-state index in [0.717, 1.165) is 28.7 Å². The molecule has 184 valence electrons. The molecule has 1 aromatic heterocycles.